The van der Waals surface area contributed by atoms with Gasteiger partial charge in [-0.3, -0.25) is 14.4 Å². The van der Waals surface area contributed by atoms with Crippen molar-refractivity contribution in [1.29, 1.82) is 0 Å². The van der Waals surface area contributed by atoms with Crippen molar-refractivity contribution in [3.8, 4) is 0 Å². The molecule has 0 aromatic heterocycles. The number of carbonyl (C=O) groups is 3. The molecule has 2 aromatic rings. The summed E-state index contributed by atoms with van der Waals surface area (Å²) < 4.78 is 28.6. The van der Waals surface area contributed by atoms with Crippen molar-refractivity contribution in [3.63, 3.8) is 0 Å². The van der Waals surface area contributed by atoms with Crippen molar-refractivity contribution in [3.05, 3.63) is 76.9 Å². The van der Waals surface area contributed by atoms with Crippen LogP contribution < -0.4 is 0 Å². The van der Waals surface area contributed by atoms with E-state index in [1.807, 2.05) is 30.3 Å². The highest BCUT2D eigenvalue weighted by atomic mass is 32.2. The van der Waals surface area contributed by atoms with Gasteiger partial charge in [0.25, 0.3) is 0 Å². The van der Waals surface area contributed by atoms with E-state index in [2.05, 4.69) is 13.8 Å². The number of rotatable bonds is 2. The van der Waals surface area contributed by atoms with Crippen molar-refractivity contribution >= 4 is 33.1 Å². The molecule has 4 fully saturated rings. The quantitative estimate of drug-likeness (QED) is 0.555. The molecule has 1 amide bonds. The van der Waals surface area contributed by atoms with Crippen LogP contribution in [0, 0.1) is 40.4 Å². The van der Waals surface area contributed by atoms with Crippen LogP contribution in [0.25, 0.3) is 5.57 Å². The SMILES string of the molecule is CC1(C)C2CC[C@]13CS(=O)(=O)N(C(=O)[C@@H]1C[C@@H]4C(=C(c5ccccc5)C[C@@H]5C(=O)c6ccccc6C(=O)[C@@H]54)[C@@H]1O)C3C2. The molecule has 1 aliphatic heterocycles. The van der Waals surface area contributed by atoms with E-state index in [0.29, 0.717) is 35.5 Å². The van der Waals surface area contributed by atoms with E-state index >= 15 is 0 Å². The molecule has 7 nitrogen and oxygen atoms in total. The predicted octanol–water partition coefficient (Wildman–Crippen LogP) is 4.52. The molecule has 1 heterocycles. The summed E-state index contributed by atoms with van der Waals surface area (Å²) >= 11 is 0. The Morgan fingerprint density at radius 2 is 1.60 bits per heavy atom. The van der Waals surface area contributed by atoms with E-state index in [1.165, 1.54) is 0 Å². The van der Waals surface area contributed by atoms with Gasteiger partial charge in [0.15, 0.2) is 11.6 Å². The van der Waals surface area contributed by atoms with Gasteiger partial charge in [0.05, 0.1) is 23.8 Å². The molecule has 2 aromatic carbocycles. The fourth-order valence-corrected chi connectivity index (χ4v) is 12.9. The number of Topliss-reactive ketones (excluding diaryl/α,β-unsaturated/α-hetero) is 2. The minimum absolute atomic E-state index is 0.0292. The van der Waals surface area contributed by atoms with Crippen LogP contribution in [0.1, 0.15) is 72.2 Å². The molecule has 8 heteroatoms. The number of hydrogen-bond donors (Lipinski definition) is 1. The lowest BCUT2D eigenvalue weighted by atomic mass is 9.61. The standard InChI is InChI=1S/C34H35NO6S/c1-33(2)19-12-13-34(33)17-42(40,41)35(26(34)14-19)32(39)25-16-23-27(31(25)38)22(18-8-4-3-5-9-18)15-24-28(23)30(37)21-11-7-6-10-20(21)29(24)36/h3-11,19,23-26,28,31,38H,12-17H2,1-2H3/t19?,23-,24+,25-,26?,28-,31-,34-/m1/s1. The Bertz CT molecular complexity index is 1710. The first-order valence-electron chi connectivity index (χ1n) is 15.2. The topological polar surface area (TPSA) is 109 Å². The van der Waals surface area contributed by atoms with Crippen LogP contribution in [0.4, 0.5) is 0 Å². The number of ketones is 2. The number of amides is 1. The third kappa shape index (κ3) is 3.15. The summed E-state index contributed by atoms with van der Waals surface area (Å²) in [6, 6.07) is 16.0. The van der Waals surface area contributed by atoms with Crippen LogP contribution in [0.15, 0.2) is 60.2 Å². The van der Waals surface area contributed by atoms with Gasteiger partial charge in [0.2, 0.25) is 15.9 Å². The highest BCUT2D eigenvalue weighted by Gasteiger charge is 2.73. The van der Waals surface area contributed by atoms with E-state index < -0.39 is 57.2 Å². The number of hydrogen-bond acceptors (Lipinski definition) is 6. The second kappa shape index (κ2) is 8.50. The molecule has 0 radical (unpaired) electrons. The van der Waals surface area contributed by atoms with E-state index in [1.54, 1.807) is 24.3 Å². The van der Waals surface area contributed by atoms with Gasteiger partial charge < -0.3 is 5.11 Å². The van der Waals surface area contributed by atoms with Gasteiger partial charge in [-0.05, 0) is 66.1 Å². The zero-order valence-electron chi connectivity index (χ0n) is 23.8. The number of aliphatic hydroxyl groups excluding tert-OH is 1. The minimum atomic E-state index is -3.87. The fraction of sp³-hybridized carbons (Fsp3) is 0.500. The summed E-state index contributed by atoms with van der Waals surface area (Å²) in [6.07, 6.45) is 1.64. The van der Waals surface area contributed by atoms with Crippen LogP contribution in [0.3, 0.4) is 0 Å². The van der Waals surface area contributed by atoms with E-state index in [4.69, 9.17) is 0 Å². The largest absolute Gasteiger partial charge is 0.388 e. The van der Waals surface area contributed by atoms with Crippen LogP contribution >= 0.6 is 0 Å². The fourth-order valence-electron chi connectivity index (χ4n) is 10.3. The summed E-state index contributed by atoms with van der Waals surface area (Å²) in [7, 11) is -3.87. The summed E-state index contributed by atoms with van der Waals surface area (Å²) in [5.74, 6) is -3.23. The first kappa shape index (κ1) is 26.5. The zero-order chi connectivity index (χ0) is 29.3. The van der Waals surface area contributed by atoms with Crippen molar-refractivity contribution in [2.24, 2.45) is 40.4 Å². The average Bonchev–Trinajstić information content (AvgIpc) is 3.60. The van der Waals surface area contributed by atoms with E-state index in [9.17, 15) is 27.9 Å². The molecule has 42 heavy (non-hydrogen) atoms. The number of aliphatic hydroxyl groups is 1. The Hall–Kier alpha value is -3.10. The molecule has 5 aliphatic carbocycles. The van der Waals surface area contributed by atoms with Crippen molar-refractivity contribution in [2.45, 2.75) is 58.1 Å². The van der Waals surface area contributed by atoms with Gasteiger partial charge in [0, 0.05) is 28.4 Å². The number of carbonyl (C=O) groups excluding carboxylic acids is 3. The summed E-state index contributed by atoms with van der Waals surface area (Å²) in [5, 5.41) is 11.9. The molecule has 6 aliphatic rings. The number of sulfonamides is 1. The lowest BCUT2D eigenvalue weighted by molar-refractivity contribution is -0.135. The van der Waals surface area contributed by atoms with Gasteiger partial charge in [0.1, 0.15) is 0 Å². The molecule has 8 atom stereocenters. The second-order valence-corrected chi connectivity index (χ2v) is 15.9. The van der Waals surface area contributed by atoms with Gasteiger partial charge >= 0.3 is 0 Å². The van der Waals surface area contributed by atoms with E-state index in [-0.39, 0.29) is 29.2 Å². The van der Waals surface area contributed by atoms with Gasteiger partial charge in [-0.15, -0.1) is 0 Å². The number of nitrogens with zero attached hydrogens (tertiary/aromatic N) is 1. The van der Waals surface area contributed by atoms with Crippen LogP contribution in [0.2, 0.25) is 0 Å². The lowest BCUT2D eigenvalue weighted by Gasteiger charge is -2.40. The minimum Gasteiger partial charge on any atom is -0.388 e. The maximum absolute atomic E-state index is 14.4. The Labute approximate surface area is 246 Å². The Kier molecular flexibility index (Phi) is 5.37. The summed E-state index contributed by atoms with van der Waals surface area (Å²) in [6.45, 7) is 4.29. The van der Waals surface area contributed by atoms with Crippen LogP contribution in [-0.4, -0.2) is 53.2 Å². The Morgan fingerprint density at radius 1 is 0.929 bits per heavy atom. The first-order valence-corrected chi connectivity index (χ1v) is 16.8. The third-order valence-electron chi connectivity index (χ3n) is 12.4. The maximum atomic E-state index is 14.4. The van der Waals surface area contributed by atoms with E-state index in [0.717, 1.165) is 28.3 Å². The molecular weight excluding hydrogens is 550 g/mol. The van der Waals surface area contributed by atoms with Crippen LogP contribution in [-0.2, 0) is 14.8 Å². The predicted molar refractivity (Wildman–Crippen MR) is 156 cm³/mol. The highest BCUT2D eigenvalue weighted by Crippen LogP contribution is 2.70. The third-order valence-corrected chi connectivity index (χ3v) is 14.3. The average molecular weight is 586 g/mol. The molecule has 1 spiro atoms. The first-order chi connectivity index (χ1) is 20.0. The monoisotopic (exact) mass is 585 g/mol. The zero-order valence-corrected chi connectivity index (χ0v) is 24.6. The molecule has 1 N–H and O–H groups in total. The Balaban J connectivity index is 1.23. The Morgan fingerprint density at radius 3 is 2.29 bits per heavy atom. The molecule has 2 bridgehead atoms. The molecule has 1 saturated heterocycles. The second-order valence-electron chi connectivity index (χ2n) is 14.1. The normalized spacial score (nSPS) is 38.7. The van der Waals surface area contributed by atoms with Crippen molar-refractivity contribution < 1.29 is 27.9 Å². The molecule has 218 valence electrons. The molecular formula is C34H35NO6S. The van der Waals surface area contributed by atoms with Crippen molar-refractivity contribution in [1.82, 2.24) is 4.31 Å². The smallest absolute Gasteiger partial charge is 0.242 e. The molecule has 8 rings (SSSR count). The highest BCUT2D eigenvalue weighted by molar-refractivity contribution is 7.90. The van der Waals surface area contributed by atoms with Crippen molar-refractivity contribution in [2.75, 3.05) is 5.75 Å². The van der Waals surface area contributed by atoms with Crippen LogP contribution in [0.5, 0.6) is 0 Å². The summed E-state index contributed by atoms with van der Waals surface area (Å²) in [4.78, 5) is 42.2. The van der Waals surface area contributed by atoms with Gasteiger partial charge in [-0.2, -0.15) is 0 Å². The molecule has 3 saturated carbocycles. The maximum Gasteiger partial charge on any atom is 0.242 e. The number of fused-ring (bicyclic) bond motifs is 5. The van der Waals surface area contributed by atoms with Gasteiger partial charge in [-0.1, -0.05) is 68.4 Å². The number of benzene rings is 2. The lowest BCUT2D eigenvalue weighted by Crippen LogP contribution is -2.47. The molecule has 2 unspecified atom stereocenters. The van der Waals surface area contributed by atoms with Gasteiger partial charge in [-0.25, -0.2) is 12.7 Å². The summed E-state index contributed by atoms with van der Waals surface area (Å²) in [5.41, 5.74) is 2.46. The number of allylic oxidation sites excluding steroid dienone is 1.